The van der Waals surface area contributed by atoms with E-state index in [2.05, 4.69) is 30.1 Å². The van der Waals surface area contributed by atoms with Gasteiger partial charge in [-0.05, 0) is 87.4 Å². The third-order valence-electron chi connectivity index (χ3n) is 10.5. The lowest BCUT2D eigenvalue weighted by atomic mass is 9.47. The van der Waals surface area contributed by atoms with Crippen molar-refractivity contribution in [1.82, 2.24) is 10.2 Å². The third-order valence-corrected chi connectivity index (χ3v) is 10.5. The van der Waals surface area contributed by atoms with E-state index in [0.717, 1.165) is 25.2 Å². The van der Waals surface area contributed by atoms with Gasteiger partial charge >= 0.3 is 0 Å². The fraction of sp³-hybridized carbons (Fsp3) is 0.846. The molecule has 0 aromatic heterocycles. The number of carbonyl (C=O) groups excluding carboxylic acids is 2. The van der Waals surface area contributed by atoms with E-state index in [1.807, 2.05) is 7.11 Å². The van der Waals surface area contributed by atoms with Crippen LogP contribution in [0.15, 0.2) is 11.6 Å². The van der Waals surface area contributed by atoms with Gasteiger partial charge in [-0.3, -0.25) is 9.59 Å². The molecular weight excluding hydrogens is 388 g/mol. The Hall–Kier alpha value is -1.36. The van der Waals surface area contributed by atoms with E-state index in [1.54, 1.807) is 19.4 Å². The Morgan fingerprint density at radius 3 is 2.52 bits per heavy atom. The second-order valence-electron chi connectivity index (χ2n) is 11.5. The van der Waals surface area contributed by atoms with Crippen LogP contribution in [0.25, 0.3) is 0 Å². The van der Waals surface area contributed by atoms with Gasteiger partial charge in [0.25, 0.3) is 0 Å². The molecule has 5 heteroatoms. The molecule has 1 spiro atoms. The smallest absolute Gasteiger partial charge is 0.221 e. The van der Waals surface area contributed by atoms with Crippen molar-refractivity contribution in [3.05, 3.63) is 11.6 Å². The maximum Gasteiger partial charge on any atom is 0.221 e. The number of nitrogens with one attached hydrogen (secondary N) is 1. The molecule has 0 aromatic rings. The van der Waals surface area contributed by atoms with Crippen molar-refractivity contribution >= 4 is 11.8 Å². The van der Waals surface area contributed by atoms with Gasteiger partial charge in [0.15, 0.2) is 0 Å². The van der Waals surface area contributed by atoms with Crippen LogP contribution in [0.3, 0.4) is 0 Å². The molecule has 172 valence electrons. The molecule has 5 aliphatic rings. The van der Waals surface area contributed by atoms with Gasteiger partial charge in [0.2, 0.25) is 11.8 Å². The number of likely N-dealkylation sites (tertiary alicyclic amines) is 1. The predicted octanol–water partition coefficient (Wildman–Crippen LogP) is 4.27. The zero-order valence-corrected chi connectivity index (χ0v) is 19.9. The van der Waals surface area contributed by atoms with Gasteiger partial charge in [-0.15, -0.1) is 0 Å². The lowest BCUT2D eigenvalue weighted by Gasteiger charge is -2.59. The van der Waals surface area contributed by atoms with Crippen LogP contribution in [0.4, 0.5) is 0 Å². The maximum absolute atomic E-state index is 12.6. The van der Waals surface area contributed by atoms with Gasteiger partial charge < -0.3 is 15.0 Å². The van der Waals surface area contributed by atoms with Crippen molar-refractivity contribution < 1.29 is 14.3 Å². The fourth-order valence-electron chi connectivity index (χ4n) is 9.47. The number of amides is 2. The summed E-state index contributed by atoms with van der Waals surface area (Å²) in [6, 6.07) is 0.583. The summed E-state index contributed by atoms with van der Waals surface area (Å²) in [5.41, 5.74) is 2.00. The molecule has 5 rings (SSSR count). The van der Waals surface area contributed by atoms with Crippen molar-refractivity contribution in [1.29, 1.82) is 0 Å². The third kappa shape index (κ3) is 2.84. The van der Waals surface area contributed by atoms with E-state index in [-0.39, 0.29) is 34.9 Å². The highest BCUT2D eigenvalue weighted by Gasteiger charge is 2.69. The number of hydrogen-bond donors (Lipinski definition) is 1. The zero-order chi connectivity index (χ0) is 22.1. The van der Waals surface area contributed by atoms with Gasteiger partial charge in [0.1, 0.15) is 6.23 Å². The van der Waals surface area contributed by atoms with Crippen LogP contribution in [-0.4, -0.2) is 42.1 Å². The van der Waals surface area contributed by atoms with Crippen molar-refractivity contribution in [2.24, 2.45) is 34.5 Å². The van der Waals surface area contributed by atoms with Gasteiger partial charge in [0, 0.05) is 38.5 Å². The molecule has 3 saturated carbocycles. The Labute approximate surface area is 187 Å². The molecule has 0 unspecified atom stereocenters. The highest BCUT2D eigenvalue weighted by molar-refractivity contribution is 5.74. The van der Waals surface area contributed by atoms with Crippen molar-refractivity contribution in [3.8, 4) is 0 Å². The Balaban J connectivity index is 1.46. The van der Waals surface area contributed by atoms with Gasteiger partial charge in [-0.25, -0.2) is 0 Å². The summed E-state index contributed by atoms with van der Waals surface area (Å²) in [5.74, 6) is 2.89. The van der Waals surface area contributed by atoms with E-state index >= 15 is 0 Å². The zero-order valence-electron chi connectivity index (χ0n) is 19.9. The molecule has 5 nitrogen and oxygen atoms in total. The summed E-state index contributed by atoms with van der Waals surface area (Å²) in [6.07, 6.45) is 11.9. The van der Waals surface area contributed by atoms with E-state index in [4.69, 9.17) is 4.74 Å². The largest absolute Gasteiger partial charge is 0.361 e. The molecule has 1 N–H and O–H groups in total. The first-order valence-corrected chi connectivity index (χ1v) is 12.5. The molecule has 1 heterocycles. The second kappa shape index (κ2) is 7.33. The van der Waals surface area contributed by atoms with Gasteiger partial charge in [-0.2, -0.15) is 0 Å². The summed E-state index contributed by atoms with van der Waals surface area (Å²) in [7, 11) is 1.81. The minimum absolute atomic E-state index is 0.0628. The quantitative estimate of drug-likeness (QED) is 0.668. The summed E-state index contributed by atoms with van der Waals surface area (Å²) in [6.45, 7) is 8.11. The number of fused-ring (bicyclic) bond motifs is 4. The second-order valence-corrected chi connectivity index (χ2v) is 11.5. The van der Waals surface area contributed by atoms with Crippen LogP contribution in [0, 0.1) is 34.5 Å². The van der Waals surface area contributed by atoms with Gasteiger partial charge in [-0.1, -0.05) is 18.6 Å². The van der Waals surface area contributed by atoms with Crippen LogP contribution < -0.4 is 5.32 Å². The summed E-state index contributed by atoms with van der Waals surface area (Å²) < 4.78 is 6.14. The Morgan fingerprint density at radius 1 is 1.10 bits per heavy atom. The topological polar surface area (TPSA) is 58.6 Å². The molecule has 0 aromatic carbocycles. The monoisotopic (exact) mass is 428 g/mol. The molecular formula is C26H40N2O3. The Kier molecular flexibility index (Phi) is 5.08. The number of carbonyl (C=O) groups is 2. The molecule has 0 radical (unpaired) electrons. The molecule has 1 saturated heterocycles. The Bertz CT molecular complexity index is 808. The summed E-state index contributed by atoms with van der Waals surface area (Å²) in [5, 5.41) is 3.17. The minimum atomic E-state index is -0.0628. The molecule has 4 aliphatic carbocycles. The normalized spacial score (nSPS) is 48.2. The Morgan fingerprint density at radius 2 is 1.84 bits per heavy atom. The van der Waals surface area contributed by atoms with Crippen LogP contribution in [0.2, 0.25) is 0 Å². The number of nitrogens with zero attached hydrogens (tertiary/aromatic N) is 1. The number of allylic oxidation sites excluding steroid dienone is 1. The molecule has 1 aliphatic heterocycles. The molecule has 9 atom stereocenters. The first-order valence-electron chi connectivity index (χ1n) is 12.5. The van der Waals surface area contributed by atoms with Gasteiger partial charge in [0.05, 0.1) is 0 Å². The highest BCUT2D eigenvalue weighted by Crippen LogP contribution is 2.70. The van der Waals surface area contributed by atoms with E-state index < -0.39 is 0 Å². The lowest BCUT2D eigenvalue weighted by Crippen LogP contribution is -2.56. The number of hydrogen-bond acceptors (Lipinski definition) is 3. The summed E-state index contributed by atoms with van der Waals surface area (Å²) in [4.78, 5) is 26.2. The van der Waals surface area contributed by atoms with E-state index in [1.165, 1.54) is 32.1 Å². The SMILES string of the molecule is CO[C@H]1N(C(C)=O)[C@H](C)[C@H]2CC[C@H]3[C@@H]4CC=C5C[C@@H](NC(C)=O)CC[C@]5(C)[C@H]4CC[C@]231. The lowest BCUT2D eigenvalue weighted by molar-refractivity contribution is -0.162. The fourth-order valence-corrected chi connectivity index (χ4v) is 9.47. The number of rotatable bonds is 2. The average molecular weight is 429 g/mol. The molecule has 4 fully saturated rings. The first-order chi connectivity index (χ1) is 14.7. The van der Waals surface area contributed by atoms with Crippen LogP contribution >= 0.6 is 0 Å². The molecule has 0 bridgehead atoms. The standard InChI is InChI=1S/C26H40N2O3/c1-15-21-8-9-23-20-7-6-18-14-19(27-16(2)29)10-12-25(18,4)22(20)11-13-26(21,23)24(31-5)28(15)17(3)30/h6,15,19-24H,7-14H2,1-5H3,(H,27,29)/t15-,19+,20-,21-,22+,23+,24-,25+,26+/m1/s1. The van der Waals surface area contributed by atoms with Crippen LogP contribution in [-0.2, 0) is 14.3 Å². The van der Waals surface area contributed by atoms with Crippen LogP contribution in [0.5, 0.6) is 0 Å². The number of ether oxygens (including phenoxy) is 1. The average Bonchev–Trinajstić information content (AvgIpc) is 3.21. The van der Waals surface area contributed by atoms with Crippen molar-refractivity contribution in [3.63, 3.8) is 0 Å². The first kappa shape index (κ1) is 21.5. The van der Waals surface area contributed by atoms with E-state index in [9.17, 15) is 9.59 Å². The highest BCUT2D eigenvalue weighted by atomic mass is 16.5. The predicted molar refractivity (Wildman–Crippen MR) is 120 cm³/mol. The van der Waals surface area contributed by atoms with Crippen molar-refractivity contribution in [2.45, 2.75) is 97.4 Å². The maximum atomic E-state index is 12.6. The van der Waals surface area contributed by atoms with Crippen LogP contribution in [0.1, 0.15) is 79.1 Å². The molecule has 2 amide bonds. The van der Waals surface area contributed by atoms with E-state index in [0.29, 0.717) is 23.8 Å². The number of methoxy groups -OCH3 is 1. The molecule has 31 heavy (non-hydrogen) atoms. The minimum Gasteiger partial charge on any atom is -0.361 e. The summed E-state index contributed by atoms with van der Waals surface area (Å²) >= 11 is 0. The van der Waals surface area contributed by atoms with Crippen molar-refractivity contribution in [2.75, 3.05) is 7.11 Å².